The zero-order valence-corrected chi connectivity index (χ0v) is 9.27. The molecule has 0 atom stereocenters. The van der Waals surface area contributed by atoms with Gasteiger partial charge >= 0.3 is 0 Å². The van der Waals surface area contributed by atoms with Gasteiger partial charge in [-0.1, -0.05) is 12.1 Å². The van der Waals surface area contributed by atoms with Gasteiger partial charge in [0.2, 0.25) is 0 Å². The Hall–Kier alpha value is -2.10. The highest BCUT2D eigenvalue weighted by atomic mass is 16.5. The van der Waals surface area contributed by atoms with Gasteiger partial charge in [0.25, 0.3) is 5.56 Å². The van der Waals surface area contributed by atoms with E-state index in [-0.39, 0.29) is 5.56 Å². The minimum absolute atomic E-state index is 0.185. The first-order chi connectivity index (χ1) is 8.36. The minimum atomic E-state index is -0.185. The lowest BCUT2D eigenvalue weighted by molar-refractivity contribution is 0.289. The number of aromatic amines is 1. The number of aromatic nitrogens is 2. The molecule has 1 aliphatic rings. The Morgan fingerprint density at radius 3 is 3.18 bits per heavy atom. The molecule has 0 aliphatic carbocycles. The van der Waals surface area contributed by atoms with E-state index < -0.39 is 0 Å². The van der Waals surface area contributed by atoms with E-state index in [1.54, 1.807) is 6.20 Å². The average Bonchev–Trinajstić information content (AvgIpc) is 2.39. The summed E-state index contributed by atoms with van der Waals surface area (Å²) >= 11 is 0. The number of H-pyrrole nitrogens is 1. The number of nitrogens with zero attached hydrogens (tertiary/aromatic N) is 1. The summed E-state index contributed by atoms with van der Waals surface area (Å²) < 4.78 is 5.67. The topological polar surface area (TPSA) is 55.0 Å². The van der Waals surface area contributed by atoms with Crippen LogP contribution in [0.25, 0.3) is 11.3 Å². The van der Waals surface area contributed by atoms with Crippen molar-refractivity contribution >= 4 is 0 Å². The van der Waals surface area contributed by atoms with Crippen molar-refractivity contribution in [2.24, 2.45) is 0 Å². The summed E-state index contributed by atoms with van der Waals surface area (Å²) in [5.74, 6) is 0.808. The number of ether oxygens (including phenoxy) is 1. The molecule has 0 saturated carbocycles. The Balaban J connectivity index is 2.22. The normalized spacial score (nSPS) is 13.9. The minimum Gasteiger partial charge on any atom is -0.493 e. The fraction of sp³-hybridized carbons (Fsp3) is 0.231. The highest BCUT2D eigenvalue weighted by molar-refractivity contribution is 5.68. The number of hydrogen-bond acceptors (Lipinski definition) is 3. The molecule has 86 valence electrons. The molecule has 2 aromatic rings. The van der Waals surface area contributed by atoms with Crippen LogP contribution in [0.5, 0.6) is 5.75 Å². The molecule has 0 fully saturated rings. The van der Waals surface area contributed by atoms with Crippen molar-refractivity contribution in [2.75, 3.05) is 6.61 Å². The van der Waals surface area contributed by atoms with Gasteiger partial charge in [-0.05, 0) is 24.5 Å². The highest BCUT2D eigenvalue weighted by Crippen LogP contribution is 2.33. The van der Waals surface area contributed by atoms with Crippen LogP contribution in [-0.2, 0) is 6.42 Å². The second kappa shape index (κ2) is 4.05. The molecule has 0 amide bonds. The third-order valence-electron chi connectivity index (χ3n) is 2.90. The molecular formula is C13H12N2O2. The first kappa shape index (κ1) is 10.1. The van der Waals surface area contributed by atoms with Crippen LogP contribution >= 0.6 is 0 Å². The SMILES string of the molecule is O=c1[nH]ccnc1-c1cccc2c1OCCC2. The van der Waals surface area contributed by atoms with Gasteiger partial charge in [0, 0.05) is 18.0 Å². The van der Waals surface area contributed by atoms with Gasteiger partial charge in [0.05, 0.1) is 6.61 Å². The molecule has 2 heterocycles. The molecule has 1 aromatic carbocycles. The van der Waals surface area contributed by atoms with Crippen LogP contribution in [0.4, 0.5) is 0 Å². The molecule has 0 spiro atoms. The number of hydrogen-bond donors (Lipinski definition) is 1. The summed E-state index contributed by atoms with van der Waals surface area (Å²) in [5.41, 5.74) is 2.17. The van der Waals surface area contributed by atoms with Gasteiger partial charge in [-0.15, -0.1) is 0 Å². The highest BCUT2D eigenvalue weighted by Gasteiger charge is 2.17. The van der Waals surface area contributed by atoms with Crippen LogP contribution in [0.15, 0.2) is 35.4 Å². The second-order valence-electron chi connectivity index (χ2n) is 4.01. The largest absolute Gasteiger partial charge is 0.493 e. The van der Waals surface area contributed by atoms with Crippen LogP contribution in [0.3, 0.4) is 0 Å². The van der Waals surface area contributed by atoms with Gasteiger partial charge in [0.15, 0.2) is 0 Å². The maximum absolute atomic E-state index is 11.7. The van der Waals surface area contributed by atoms with E-state index in [1.165, 1.54) is 6.20 Å². The van der Waals surface area contributed by atoms with E-state index >= 15 is 0 Å². The van der Waals surface area contributed by atoms with Crippen molar-refractivity contribution in [3.05, 3.63) is 46.5 Å². The number of nitrogens with one attached hydrogen (secondary N) is 1. The van der Waals surface area contributed by atoms with Gasteiger partial charge < -0.3 is 9.72 Å². The summed E-state index contributed by atoms with van der Waals surface area (Å²) in [4.78, 5) is 18.5. The fourth-order valence-electron chi connectivity index (χ4n) is 2.12. The molecule has 1 N–H and O–H groups in total. The smallest absolute Gasteiger partial charge is 0.274 e. The predicted molar refractivity (Wildman–Crippen MR) is 64.1 cm³/mol. The number of para-hydroxylation sites is 1. The third kappa shape index (κ3) is 1.71. The molecule has 1 aliphatic heterocycles. The zero-order valence-electron chi connectivity index (χ0n) is 9.27. The molecule has 0 unspecified atom stereocenters. The molecule has 0 radical (unpaired) electrons. The van der Waals surface area contributed by atoms with Crippen LogP contribution in [0, 0.1) is 0 Å². The summed E-state index contributed by atoms with van der Waals surface area (Å²) in [6, 6.07) is 5.85. The Labute approximate surface area is 98.3 Å². The Kier molecular flexibility index (Phi) is 2.40. The van der Waals surface area contributed by atoms with E-state index in [1.807, 2.05) is 18.2 Å². The van der Waals surface area contributed by atoms with Gasteiger partial charge in [-0.3, -0.25) is 4.79 Å². The van der Waals surface area contributed by atoms with Gasteiger partial charge in [0.1, 0.15) is 11.4 Å². The predicted octanol–water partition coefficient (Wildman–Crippen LogP) is 1.76. The standard InChI is InChI=1S/C13H12N2O2/c16-13-11(14-6-7-15-13)10-5-1-3-9-4-2-8-17-12(9)10/h1,3,5-7H,2,4,8H2,(H,15,16). The Bertz CT molecular complexity index is 604. The summed E-state index contributed by atoms with van der Waals surface area (Å²) in [6.07, 6.45) is 5.13. The Morgan fingerprint density at radius 1 is 1.35 bits per heavy atom. The lowest BCUT2D eigenvalue weighted by atomic mass is 10.0. The van der Waals surface area contributed by atoms with E-state index in [0.717, 1.165) is 29.7 Å². The molecule has 17 heavy (non-hydrogen) atoms. The summed E-state index contributed by atoms with van der Waals surface area (Å²) in [6.45, 7) is 0.703. The fourth-order valence-corrected chi connectivity index (χ4v) is 2.12. The van der Waals surface area contributed by atoms with E-state index in [4.69, 9.17) is 4.74 Å². The van der Waals surface area contributed by atoms with Crippen molar-refractivity contribution < 1.29 is 4.74 Å². The lowest BCUT2D eigenvalue weighted by Crippen LogP contribution is -2.14. The van der Waals surface area contributed by atoms with Crippen molar-refractivity contribution in [2.45, 2.75) is 12.8 Å². The number of rotatable bonds is 1. The van der Waals surface area contributed by atoms with Crippen molar-refractivity contribution in [1.29, 1.82) is 0 Å². The van der Waals surface area contributed by atoms with E-state index in [0.29, 0.717) is 12.3 Å². The maximum atomic E-state index is 11.7. The van der Waals surface area contributed by atoms with Crippen LogP contribution in [0.2, 0.25) is 0 Å². The number of benzene rings is 1. The van der Waals surface area contributed by atoms with Crippen LogP contribution < -0.4 is 10.3 Å². The first-order valence-electron chi connectivity index (χ1n) is 5.65. The third-order valence-corrected chi connectivity index (χ3v) is 2.90. The number of fused-ring (bicyclic) bond motifs is 1. The van der Waals surface area contributed by atoms with E-state index in [2.05, 4.69) is 9.97 Å². The molecule has 4 heteroatoms. The maximum Gasteiger partial charge on any atom is 0.274 e. The lowest BCUT2D eigenvalue weighted by Gasteiger charge is -2.19. The number of aryl methyl sites for hydroxylation is 1. The molecule has 0 saturated heterocycles. The van der Waals surface area contributed by atoms with E-state index in [9.17, 15) is 4.79 Å². The van der Waals surface area contributed by atoms with Crippen molar-refractivity contribution in [3.63, 3.8) is 0 Å². The van der Waals surface area contributed by atoms with Crippen molar-refractivity contribution in [3.8, 4) is 17.0 Å². The molecule has 3 rings (SSSR count). The molecular weight excluding hydrogens is 216 g/mol. The monoisotopic (exact) mass is 228 g/mol. The van der Waals surface area contributed by atoms with Crippen LogP contribution in [-0.4, -0.2) is 16.6 Å². The molecule has 4 nitrogen and oxygen atoms in total. The zero-order chi connectivity index (χ0) is 11.7. The second-order valence-corrected chi connectivity index (χ2v) is 4.01. The molecule has 0 bridgehead atoms. The van der Waals surface area contributed by atoms with Gasteiger partial charge in [-0.2, -0.15) is 0 Å². The van der Waals surface area contributed by atoms with Crippen molar-refractivity contribution in [1.82, 2.24) is 9.97 Å². The molecule has 1 aromatic heterocycles. The quantitative estimate of drug-likeness (QED) is 0.809. The van der Waals surface area contributed by atoms with Crippen LogP contribution in [0.1, 0.15) is 12.0 Å². The Morgan fingerprint density at radius 2 is 2.29 bits per heavy atom. The van der Waals surface area contributed by atoms with Gasteiger partial charge in [-0.25, -0.2) is 4.98 Å². The summed E-state index contributed by atoms with van der Waals surface area (Å²) in [5, 5.41) is 0. The average molecular weight is 228 g/mol. The summed E-state index contributed by atoms with van der Waals surface area (Å²) in [7, 11) is 0. The first-order valence-corrected chi connectivity index (χ1v) is 5.65.